The van der Waals surface area contributed by atoms with Crippen LogP contribution in [0.4, 0.5) is 24.7 Å². The molecule has 2 amide bonds. The molecule has 4 rings (SSSR count). The van der Waals surface area contributed by atoms with E-state index in [0.29, 0.717) is 11.6 Å². The van der Waals surface area contributed by atoms with Gasteiger partial charge >= 0.3 is 6.03 Å². The number of rotatable bonds is 5. The number of aromatic nitrogens is 2. The van der Waals surface area contributed by atoms with E-state index < -0.39 is 29.7 Å². The first kappa shape index (κ1) is 21.4. The summed E-state index contributed by atoms with van der Waals surface area (Å²) in [5.41, 5.74) is 1.00. The molecule has 3 atom stereocenters. The molecule has 0 bridgehead atoms. The highest BCUT2D eigenvalue weighted by molar-refractivity contribution is 7.16. The summed E-state index contributed by atoms with van der Waals surface area (Å²) in [7, 11) is 0. The molecule has 166 valence electrons. The zero-order valence-electron chi connectivity index (χ0n) is 16.7. The zero-order chi connectivity index (χ0) is 22.3. The lowest BCUT2D eigenvalue weighted by Crippen LogP contribution is -2.45. The van der Waals surface area contributed by atoms with Crippen LogP contribution in [0.2, 0.25) is 0 Å². The first-order chi connectivity index (χ1) is 14.8. The molecule has 12 heteroatoms. The minimum atomic E-state index is -1.03. The second-order valence-corrected chi connectivity index (χ2v) is 8.40. The van der Waals surface area contributed by atoms with Crippen LogP contribution < -0.4 is 15.5 Å². The predicted molar refractivity (Wildman–Crippen MR) is 110 cm³/mol. The molecule has 0 fully saturated rings. The largest absolute Gasteiger partial charge is 0.423 e. The fourth-order valence-corrected chi connectivity index (χ4v) is 4.59. The van der Waals surface area contributed by atoms with Crippen molar-refractivity contribution in [1.29, 1.82) is 0 Å². The Morgan fingerprint density at radius 2 is 2.10 bits per heavy atom. The number of carbonyl (C=O) groups is 1. The summed E-state index contributed by atoms with van der Waals surface area (Å²) < 4.78 is 32.8. The van der Waals surface area contributed by atoms with Crippen molar-refractivity contribution in [2.24, 2.45) is 0 Å². The van der Waals surface area contributed by atoms with Gasteiger partial charge in [0, 0.05) is 18.6 Å². The van der Waals surface area contributed by atoms with E-state index in [4.69, 9.17) is 9.52 Å². The molecule has 0 unspecified atom stereocenters. The molecule has 0 radical (unpaired) electrons. The fourth-order valence-electron chi connectivity index (χ4n) is 3.55. The molecule has 9 nitrogen and oxygen atoms in total. The Balaban J connectivity index is 1.62. The van der Waals surface area contributed by atoms with E-state index in [1.807, 2.05) is 6.92 Å². The van der Waals surface area contributed by atoms with Crippen molar-refractivity contribution in [2.75, 3.05) is 23.4 Å². The zero-order valence-corrected chi connectivity index (χ0v) is 17.5. The molecule has 0 spiro atoms. The Morgan fingerprint density at radius 1 is 1.35 bits per heavy atom. The van der Waals surface area contributed by atoms with Gasteiger partial charge in [0.1, 0.15) is 5.52 Å². The number of hydrogen-bond donors (Lipinski definition) is 4. The molecule has 0 saturated heterocycles. The Kier molecular flexibility index (Phi) is 5.77. The molecule has 2 aromatic heterocycles. The molecule has 1 aromatic carbocycles. The van der Waals surface area contributed by atoms with Crippen LogP contribution in [0.25, 0.3) is 11.1 Å². The van der Waals surface area contributed by atoms with E-state index in [0.717, 1.165) is 22.7 Å². The van der Waals surface area contributed by atoms with Crippen molar-refractivity contribution in [3.05, 3.63) is 34.3 Å². The van der Waals surface area contributed by atoms with Gasteiger partial charge in [0.25, 0.3) is 6.01 Å². The third-order valence-electron chi connectivity index (χ3n) is 5.07. The maximum Gasteiger partial charge on any atom is 0.321 e. The highest BCUT2D eigenvalue weighted by Gasteiger charge is 2.37. The lowest BCUT2D eigenvalue weighted by molar-refractivity contribution is 0.229. The van der Waals surface area contributed by atoms with Crippen molar-refractivity contribution in [2.45, 2.75) is 38.4 Å². The van der Waals surface area contributed by atoms with Crippen molar-refractivity contribution in [3.8, 4) is 0 Å². The number of urea groups is 1. The Morgan fingerprint density at radius 3 is 2.81 bits per heavy atom. The van der Waals surface area contributed by atoms with Crippen LogP contribution in [-0.2, 0) is 6.42 Å². The van der Waals surface area contributed by atoms with Crippen LogP contribution >= 0.6 is 11.3 Å². The van der Waals surface area contributed by atoms with E-state index in [-0.39, 0.29) is 36.4 Å². The predicted octanol–water partition coefficient (Wildman–Crippen LogP) is 2.55. The van der Waals surface area contributed by atoms with Gasteiger partial charge in [-0.3, -0.25) is 5.32 Å². The van der Waals surface area contributed by atoms with Gasteiger partial charge in [-0.05, 0) is 13.8 Å². The first-order valence-electron chi connectivity index (χ1n) is 9.63. The molecule has 3 aromatic rings. The lowest BCUT2D eigenvalue weighted by atomic mass is 10.00. The van der Waals surface area contributed by atoms with Gasteiger partial charge in [0.05, 0.1) is 41.9 Å². The first-order valence-corrected chi connectivity index (χ1v) is 10.4. The fraction of sp³-hybridized carbons (Fsp3) is 0.421. The van der Waals surface area contributed by atoms with Gasteiger partial charge in [-0.2, -0.15) is 4.98 Å². The van der Waals surface area contributed by atoms with Crippen LogP contribution in [0, 0.1) is 11.6 Å². The number of nitrogens with one attached hydrogen (secondary N) is 2. The summed E-state index contributed by atoms with van der Waals surface area (Å²) >= 11 is 1.27. The summed E-state index contributed by atoms with van der Waals surface area (Å²) in [6.07, 6.45) is 0.366. The molecular weight excluding hydrogens is 432 g/mol. The summed E-state index contributed by atoms with van der Waals surface area (Å²) in [6, 6.07) is 0.395. The van der Waals surface area contributed by atoms with Crippen molar-refractivity contribution < 1.29 is 28.2 Å². The summed E-state index contributed by atoms with van der Waals surface area (Å²) in [4.78, 5) is 23.4. The summed E-state index contributed by atoms with van der Waals surface area (Å²) in [5, 5.41) is 24.6. The van der Waals surface area contributed by atoms with Crippen LogP contribution in [-0.4, -0.2) is 51.5 Å². The Labute approximate surface area is 179 Å². The molecule has 31 heavy (non-hydrogen) atoms. The van der Waals surface area contributed by atoms with Gasteiger partial charge in [0.2, 0.25) is 0 Å². The maximum atomic E-state index is 13.6. The summed E-state index contributed by atoms with van der Waals surface area (Å²) in [5.74, 6) is -2.05. The number of halogens is 2. The normalized spacial score (nSPS) is 19.4. The van der Waals surface area contributed by atoms with Gasteiger partial charge in [-0.25, -0.2) is 18.6 Å². The average Bonchev–Trinajstić information content (AvgIpc) is 3.31. The van der Waals surface area contributed by atoms with Crippen LogP contribution in [0.1, 0.15) is 30.5 Å². The molecule has 4 N–H and O–H groups in total. The standard InChI is InChI=1S/C19H21F2N5O4S/c1-8(6-27)22-17(29)25-18-23-14-3-10(7-28)26(9(2)16(14)31-18)19-24-13-4-11(20)12(21)5-15(13)30-19/h4-5,8-10,27-28H,3,6-7H2,1-2H3,(H2,22,23,25,29)/t8-,9+,10+/m1/s1. The number of amides is 2. The molecule has 3 heterocycles. The second kappa shape index (κ2) is 8.36. The third kappa shape index (κ3) is 4.05. The van der Waals surface area contributed by atoms with E-state index >= 15 is 0 Å². The molecular formula is C19H21F2N5O4S. The number of nitrogens with zero attached hydrogens (tertiary/aromatic N) is 3. The lowest BCUT2D eigenvalue weighted by Gasteiger charge is -2.37. The topological polar surface area (TPSA) is 124 Å². The highest BCUT2D eigenvalue weighted by atomic mass is 32.1. The van der Waals surface area contributed by atoms with Crippen LogP contribution in [0.3, 0.4) is 0 Å². The number of carbonyl (C=O) groups excluding carboxylic acids is 1. The molecule has 1 aliphatic heterocycles. The average molecular weight is 453 g/mol. The number of thiazole rings is 1. The minimum Gasteiger partial charge on any atom is -0.423 e. The number of aliphatic hydroxyl groups is 2. The number of oxazole rings is 1. The van der Waals surface area contributed by atoms with Crippen LogP contribution in [0.5, 0.6) is 0 Å². The molecule has 0 saturated carbocycles. The number of anilines is 2. The summed E-state index contributed by atoms with van der Waals surface area (Å²) in [6.45, 7) is 3.12. The van der Waals surface area contributed by atoms with Crippen molar-refractivity contribution >= 4 is 39.6 Å². The Hall–Kier alpha value is -2.83. The second-order valence-electron chi connectivity index (χ2n) is 7.37. The van der Waals surface area contributed by atoms with Gasteiger partial charge in [-0.1, -0.05) is 11.3 Å². The number of fused-ring (bicyclic) bond motifs is 2. The smallest absolute Gasteiger partial charge is 0.321 e. The van der Waals surface area contributed by atoms with Gasteiger partial charge in [-0.15, -0.1) is 0 Å². The third-order valence-corrected chi connectivity index (χ3v) is 6.25. The number of benzene rings is 1. The Bertz CT molecular complexity index is 1080. The minimum absolute atomic E-state index is 0.102. The van der Waals surface area contributed by atoms with Crippen molar-refractivity contribution in [3.63, 3.8) is 0 Å². The van der Waals surface area contributed by atoms with Crippen molar-refractivity contribution in [1.82, 2.24) is 15.3 Å². The highest BCUT2D eigenvalue weighted by Crippen LogP contribution is 2.41. The van der Waals surface area contributed by atoms with Crippen LogP contribution in [0.15, 0.2) is 16.5 Å². The number of hydrogen-bond acceptors (Lipinski definition) is 8. The van der Waals surface area contributed by atoms with E-state index in [1.165, 1.54) is 11.3 Å². The maximum absolute atomic E-state index is 13.6. The SMILES string of the molecule is C[C@H](CO)NC(=O)Nc1nc2c(s1)[C@H](C)N(c1nc3cc(F)c(F)cc3o1)[C@H](CO)C2. The quantitative estimate of drug-likeness (QED) is 0.468. The number of aliphatic hydroxyl groups excluding tert-OH is 2. The van der Waals surface area contributed by atoms with E-state index in [2.05, 4.69) is 20.6 Å². The monoisotopic (exact) mass is 453 g/mol. The molecule has 1 aliphatic rings. The van der Waals surface area contributed by atoms with Gasteiger partial charge in [0.15, 0.2) is 22.3 Å². The van der Waals surface area contributed by atoms with E-state index in [9.17, 15) is 18.7 Å². The van der Waals surface area contributed by atoms with Gasteiger partial charge < -0.3 is 24.8 Å². The molecule has 0 aliphatic carbocycles. The van der Waals surface area contributed by atoms with E-state index in [1.54, 1.807) is 11.8 Å².